The summed E-state index contributed by atoms with van der Waals surface area (Å²) in [6.07, 6.45) is 1.76. The number of rotatable bonds is 4. The smallest absolute Gasteiger partial charge is 0.235 e. The largest absolute Gasteiger partial charge is 0.308 e. The lowest BCUT2D eigenvalue weighted by Crippen LogP contribution is -2.14. The van der Waals surface area contributed by atoms with Crippen LogP contribution in [0.5, 0.6) is 0 Å². The number of hydrogen-bond acceptors (Lipinski definition) is 3. The molecule has 1 amide bonds. The lowest BCUT2D eigenvalue weighted by molar-refractivity contribution is -0.113. The van der Waals surface area contributed by atoms with Gasteiger partial charge in [0.1, 0.15) is 0 Å². The topological polar surface area (TPSA) is 46.9 Å². The summed E-state index contributed by atoms with van der Waals surface area (Å²) in [5.74, 6) is 0.640. The molecule has 0 atom stereocenters. The molecular weight excluding hydrogens is 305 g/mol. The highest BCUT2D eigenvalue weighted by atomic mass is 35.5. The van der Waals surface area contributed by atoms with E-state index in [4.69, 9.17) is 23.2 Å². The Hall–Kier alpha value is -1.17. The van der Waals surface area contributed by atoms with Gasteiger partial charge in [-0.1, -0.05) is 23.2 Å². The predicted octanol–water partition coefficient (Wildman–Crippen LogP) is 3.46. The summed E-state index contributed by atoms with van der Waals surface area (Å²) in [5.41, 5.74) is 0. The van der Waals surface area contributed by atoms with Gasteiger partial charge < -0.3 is 5.32 Å². The summed E-state index contributed by atoms with van der Waals surface area (Å²) in [4.78, 5) is 12.5. The molecule has 0 bridgehead atoms. The van der Waals surface area contributed by atoms with Crippen LogP contribution in [0, 0.1) is 0 Å². The highest BCUT2D eigenvalue weighted by Crippen LogP contribution is 2.29. The van der Waals surface area contributed by atoms with Crippen molar-refractivity contribution in [3.63, 3.8) is 0 Å². The van der Waals surface area contributed by atoms with Crippen LogP contribution in [0.2, 0.25) is 10.0 Å². The number of aromatic nitrogens is 2. The summed E-state index contributed by atoms with van der Waals surface area (Å²) in [5, 5.41) is 7.94. The minimum Gasteiger partial charge on any atom is -0.308 e. The lowest BCUT2D eigenvalue weighted by atomic mass is 10.4. The van der Waals surface area contributed by atoms with Crippen molar-refractivity contribution in [2.45, 2.75) is 4.90 Å². The number of carbonyl (C=O) groups excluding carboxylic acids is 1. The molecule has 0 fully saturated rings. The molecule has 0 spiro atoms. The predicted molar refractivity (Wildman–Crippen MR) is 79.0 cm³/mol. The van der Waals surface area contributed by atoms with E-state index in [1.807, 2.05) is 0 Å². The van der Waals surface area contributed by atoms with Gasteiger partial charge in [0.25, 0.3) is 0 Å². The average molecular weight is 316 g/mol. The first-order valence-corrected chi connectivity index (χ1v) is 7.16. The van der Waals surface area contributed by atoms with Crippen LogP contribution in [0.3, 0.4) is 0 Å². The number of aryl methyl sites for hydroxylation is 1. The van der Waals surface area contributed by atoms with Crippen molar-refractivity contribution in [3.8, 4) is 0 Å². The molecule has 1 heterocycles. The minimum atomic E-state index is -0.139. The molecule has 19 heavy (non-hydrogen) atoms. The number of halogens is 2. The molecule has 1 aromatic carbocycles. The molecule has 0 radical (unpaired) electrons. The number of nitrogens with zero attached hydrogens (tertiary/aromatic N) is 2. The molecule has 0 aliphatic rings. The van der Waals surface area contributed by atoms with Gasteiger partial charge in [-0.15, -0.1) is 11.8 Å². The van der Waals surface area contributed by atoms with Crippen molar-refractivity contribution in [3.05, 3.63) is 40.5 Å². The molecule has 1 aromatic heterocycles. The van der Waals surface area contributed by atoms with E-state index in [1.54, 1.807) is 42.2 Å². The van der Waals surface area contributed by atoms with E-state index in [1.165, 1.54) is 11.8 Å². The maximum atomic E-state index is 11.7. The zero-order valence-corrected chi connectivity index (χ0v) is 12.4. The molecule has 2 rings (SSSR count). The van der Waals surface area contributed by atoms with Crippen LogP contribution in [-0.4, -0.2) is 21.4 Å². The zero-order chi connectivity index (χ0) is 13.8. The second-order valence-corrected chi connectivity index (χ2v) is 5.65. The number of thioether (sulfide) groups is 1. The normalized spacial score (nSPS) is 10.5. The Morgan fingerprint density at radius 1 is 1.42 bits per heavy atom. The Morgan fingerprint density at radius 2 is 2.21 bits per heavy atom. The van der Waals surface area contributed by atoms with E-state index < -0.39 is 0 Å². The van der Waals surface area contributed by atoms with Crippen LogP contribution in [0.1, 0.15) is 0 Å². The summed E-state index contributed by atoms with van der Waals surface area (Å²) in [6, 6.07) is 6.89. The van der Waals surface area contributed by atoms with Crippen molar-refractivity contribution in [2.75, 3.05) is 11.1 Å². The third kappa shape index (κ3) is 4.16. The maximum absolute atomic E-state index is 11.7. The highest BCUT2D eigenvalue weighted by Gasteiger charge is 2.08. The fourth-order valence-corrected chi connectivity index (χ4v) is 2.68. The standard InChI is InChI=1S/C12H11Cl2N3OS/c1-17-5-4-11(16-17)15-12(18)7-19-10-6-8(13)2-3-9(10)14/h2-6H,7H2,1H3,(H,15,16,18). The first-order chi connectivity index (χ1) is 9.04. The number of carbonyl (C=O) groups is 1. The SMILES string of the molecule is Cn1ccc(NC(=O)CSc2cc(Cl)ccc2Cl)n1. The Labute approximate surface area is 125 Å². The van der Waals surface area contributed by atoms with Gasteiger partial charge in [-0.3, -0.25) is 9.48 Å². The van der Waals surface area contributed by atoms with Crippen LogP contribution >= 0.6 is 35.0 Å². The van der Waals surface area contributed by atoms with Crippen molar-refractivity contribution in [2.24, 2.45) is 7.05 Å². The molecule has 0 saturated carbocycles. The summed E-state index contributed by atoms with van der Waals surface area (Å²) in [7, 11) is 1.79. The maximum Gasteiger partial charge on any atom is 0.235 e. The molecule has 0 saturated heterocycles. The third-order valence-electron chi connectivity index (χ3n) is 2.23. The van der Waals surface area contributed by atoms with Crippen molar-refractivity contribution in [1.29, 1.82) is 0 Å². The molecule has 0 aliphatic carbocycles. The van der Waals surface area contributed by atoms with Crippen LogP contribution in [0.4, 0.5) is 5.82 Å². The van der Waals surface area contributed by atoms with Gasteiger partial charge in [0.15, 0.2) is 5.82 Å². The Morgan fingerprint density at radius 3 is 2.89 bits per heavy atom. The molecule has 2 aromatic rings. The van der Waals surface area contributed by atoms with E-state index in [9.17, 15) is 4.79 Å². The number of amides is 1. The number of benzene rings is 1. The van der Waals surface area contributed by atoms with Crippen LogP contribution in [0.25, 0.3) is 0 Å². The van der Waals surface area contributed by atoms with Crippen LogP contribution in [-0.2, 0) is 11.8 Å². The summed E-state index contributed by atoms with van der Waals surface area (Å²) in [6.45, 7) is 0. The van der Waals surface area contributed by atoms with E-state index in [0.29, 0.717) is 15.9 Å². The molecule has 7 heteroatoms. The quantitative estimate of drug-likeness (QED) is 0.879. The van der Waals surface area contributed by atoms with Gasteiger partial charge in [-0.05, 0) is 18.2 Å². The van der Waals surface area contributed by atoms with Gasteiger partial charge in [0, 0.05) is 29.2 Å². The fraction of sp³-hybridized carbons (Fsp3) is 0.167. The van der Waals surface area contributed by atoms with Crippen molar-refractivity contribution < 1.29 is 4.79 Å². The van der Waals surface area contributed by atoms with Crippen LogP contribution < -0.4 is 5.32 Å². The Bertz CT molecular complexity index is 600. The van der Waals surface area contributed by atoms with E-state index >= 15 is 0 Å². The molecule has 1 N–H and O–H groups in total. The van der Waals surface area contributed by atoms with E-state index in [-0.39, 0.29) is 11.7 Å². The highest BCUT2D eigenvalue weighted by molar-refractivity contribution is 8.00. The first-order valence-electron chi connectivity index (χ1n) is 5.42. The van der Waals surface area contributed by atoms with E-state index in [0.717, 1.165) is 4.90 Å². The lowest BCUT2D eigenvalue weighted by Gasteiger charge is -2.04. The number of hydrogen-bond donors (Lipinski definition) is 1. The van der Waals surface area contributed by atoms with Gasteiger partial charge in [0.05, 0.1) is 10.8 Å². The Balaban J connectivity index is 1.91. The first kappa shape index (κ1) is 14.2. The van der Waals surface area contributed by atoms with Gasteiger partial charge in [-0.2, -0.15) is 5.10 Å². The average Bonchev–Trinajstić information content (AvgIpc) is 2.76. The second-order valence-electron chi connectivity index (χ2n) is 3.79. The van der Waals surface area contributed by atoms with Gasteiger partial charge in [0.2, 0.25) is 5.91 Å². The summed E-state index contributed by atoms with van der Waals surface area (Å²) < 4.78 is 1.62. The van der Waals surface area contributed by atoms with Crippen molar-refractivity contribution in [1.82, 2.24) is 9.78 Å². The molecule has 0 unspecified atom stereocenters. The fourth-order valence-electron chi connectivity index (χ4n) is 1.39. The zero-order valence-electron chi connectivity index (χ0n) is 10.1. The summed E-state index contributed by atoms with van der Waals surface area (Å²) >= 11 is 13.2. The van der Waals surface area contributed by atoms with E-state index in [2.05, 4.69) is 10.4 Å². The van der Waals surface area contributed by atoms with Crippen LogP contribution in [0.15, 0.2) is 35.4 Å². The monoisotopic (exact) mass is 315 g/mol. The van der Waals surface area contributed by atoms with Crippen molar-refractivity contribution >= 4 is 46.7 Å². The molecule has 0 aliphatic heterocycles. The van der Waals surface area contributed by atoms with Gasteiger partial charge in [-0.25, -0.2) is 0 Å². The number of nitrogens with one attached hydrogen (secondary N) is 1. The van der Waals surface area contributed by atoms with Gasteiger partial charge >= 0.3 is 0 Å². The third-order valence-corrected chi connectivity index (χ3v) is 3.97. The minimum absolute atomic E-state index is 0.139. The Kier molecular flexibility index (Phi) is 4.74. The molecule has 4 nitrogen and oxygen atoms in total. The molecule has 100 valence electrons. The second kappa shape index (κ2) is 6.32. The number of anilines is 1. The molecular formula is C12H11Cl2N3OS.